The normalized spacial score (nSPS) is 12.3. The Hall–Kier alpha value is -1.74. The lowest BCUT2D eigenvalue weighted by molar-refractivity contribution is 0.717. The third kappa shape index (κ3) is 2.60. The maximum atomic E-state index is 6.07. The Labute approximate surface area is 89.0 Å². The van der Waals surface area contributed by atoms with Gasteiger partial charge in [0.05, 0.1) is 0 Å². The molecular weight excluding hydrogens is 186 g/mol. The van der Waals surface area contributed by atoms with E-state index in [1.807, 2.05) is 30.5 Å². The third-order valence-corrected chi connectivity index (χ3v) is 2.32. The van der Waals surface area contributed by atoms with Gasteiger partial charge in [0, 0.05) is 30.8 Å². The largest absolute Gasteiger partial charge is 0.324 e. The van der Waals surface area contributed by atoms with E-state index < -0.39 is 0 Å². The molecular formula is C12H13N3. The SMILES string of the molecule is N[C@@H](Cc1ccncc1)c1cccnc1. The fourth-order valence-corrected chi connectivity index (χ4v) is 1.49. The lowest BCUT2D eigenvalue weighted by atomic mass is 10.0. The van der Waals surface area contributed by atoms with E-state index in [0.29, 0.717) is 0 Å². The molecule has 0 spiro atoms. The summed E-state index contributed by atoms with van der Waals surface area (Å²) in [7, 11) is 0. The second kappa shape index (κ2) is 4.66. The highest BCUT2D eigenvalue weighted by molar-refractivity contribution is 5.19. The van der Waals surface area contributed by atoms with Crippen LogP contribution in [0.4, 0.5) is 0 Å². The Balaban J connectivity index is 2.08. The number of hydrogen-bond acceptors (Lipinski definition) is 3. The van der Waals surface area contributed by atoms with Crippen molar-refractivity contribution in [3.63, 3.8) is 0 Å². The van der Waals surface area contributed by atoms with Crippen molar-refractivity contribution in [1.82, 2.24) is 9.97 Å². The van der Waals surface area contributed by atoms with Crippen LogP contribution in [0.15, 0.2) is 49.1 Å². The van der Waals surface area contributed by atoms with Gasteiger partial charge in [-0.3, -0.25) is 9.97 Å². The van der Waals surface area contributed by atoms with Crippen LogP contribution < -0.4 is 5.73 Å². The van der Waals surface area contributed by atoms with Crippen LogP contribution in [0.2, 0.25) is 0 Å². The van der Waals surface area contributed by atoms with Crippen LogP contribution in [0, 0.1) is 0 Å². The van der Waals surface area contributed by atoms with Crippen molar-refractivity contribution in [2.24, 2.45) is 5.73 Å². The van der Waals surface area contributed by atoms with Crippen molar-refractivity contribution in [3.8, 4) is 0 Å². The van der Waals surface area contributed by atoms with Crippen molar-refractivity contribution >= 4 is 0 Å². The van der Waals surface area contributed by atoms with Gasteiger partial charge in [0.1, 0.15) is 0 Å². The van der Waals surface area contributed by atoms with Crippen molar-refractivity contribution in [2.75, 3.05) is 0 Å². The molecule has 3 heteroatoms. The minimum atomic E-state index is 0.00102. The summed E-state index contributed by atoms with van der Waals surface area (Å²) in [6.07, 6.45) is 7.94. The first-order valence-electron chi connectivity index (χ1n) is 4.90. The maximum absolute atomic E-state index is 6.07. The minimum Gasteiger partial charge on any atom is -0.324 e. The summed E-state index contributed by atoms with van der Waals surface area (Å²) in [5.74, 6) is 0. The molecule has 76 valence electrons. The average Bonchev–Trinajstić information content (AvgIpc) is 2.31. The Morgan fingerprint density at radius 1 is 1.07 bits per heavy atom. The number of aromatic nitrogens is 2. The molecule has 2 rings (SSSR count). The fourth-order valence-electron chi connectivity index (χ4n) is 1.49. The van der Waals surface area contributed by atoms with Crippen LogP contribution in [-0.4, -0.2) is 9.97 Å². The predicted octanol–water partition coefficient (Wildman–Crippen LogP) is 1.72. The molecule has 2 heterocycles. The second-order valence-electron chi connectivity index (χ2n) is 3.45. The molecule has 0 radical (unpaired) electrons. The Kier molecular flexibility index (Phi) is 3.05. The molecule has 0 aliphatic heterocycles. The molecule has 1 atom stereocenters. The lowest BCUT2D eigenvalue weighted by Crippen LogP contribution is -2.13. The predicted molar refractivity (Wildman–Crippen MR) is 59.1 cm³/mol. The summed E-state index contributed by atoms with van der Waals surface area (Å²) in [4.78, 5) is 8.03. The summed E-state index contributed by atoms with van der Waals surface area (Å²) in [5.41, 5.74) is 8.33. The molecule has 0 fully saturated rings. The van der Waals surface area contributed by atoms with Crippen molar-refractivity contribution in [1.29, 1.82) is 0 Å². The summed E-state index contributed by atoms with van der Waals surface area (Å²) in [6, 6.07) is 7.87. The van der Waals surface area contributed by atoms with Gasteiger partial charge in [-0.2, -0.15) is 0 Å². The van der Waals surface area contributed by atoms with Crippen molar-refractivity contribution < 1.29 is 0 Å². The first kappa shape index (κ1) is 9.80. The summed E-state index contributed by atoms with van der Waals surface area (Å²) >= 11 is 0. The molecule has 0 amide bonds. The summed E-state index contributed by atoms with van der Waals surface area (Å²) < 4.78 is 0. The minimum absolute atomic E-state index is 0.00102. The van der Waals surface area contributed by atoms with Gasteiger partial charge in [0.25, 0.3) is 0 Å². The molecule has 2 N–H and O–H groups in total. The van der Waals surface area contributed by atoms with E-state index in [2.05, 4.69) is 9.97 Å². The molecule has 2 aromatic rings. The van der Waals surface area contributed by atoms with E-state index >= 15 is 0 Å². The number of nitrogens with two attached hydrogens (primary N) is 1. The third-order valence-electron chi connectivity index (χ3n) is 2.32. The highest BCUT2D eigenvalue weighted by Crippen LogP contribution is 2.13. The quantitative estimate of drug-likeness (QED) is 0.818. The first-order valence-corrected chi connectivity index (χ1v) is 4.90. The van der Waals surface area contributed by atoms with Gasteiger partial charge in [-0.15, -0.1) is 0 Å². The Morgan fingerprint density at radius 3 is 2.53 bits per heavy atom. The average molecular weight is 199 g/mol. The van der Waals surface area contributed by atoms with Crippen LogP contribution in [0.5, 0.6) is 0 Å². The highest BCUT2D eigenvalue weighted by atomic mass is 14.7. The fraction of sp³-hybridized carbons (Fsp3) is 0.167. The van der Waals surface area contributed by atoms with E-state index in [0.717, 1.165) is 12.0 Å². The molecule has 0 aliphatic carbocycles. The van der Waals surface area contributed by atoms with Gasteiger partial charge in [-0.1, -0.05) is 6.07 Å². The van der Waals surface area contributed by atoms with Crippen molar-refractivity contribution in [3.05, 3.63) is 60.2 Å². The van der Waals surface area contributed by atoms with Gasteiger partial charge in [0.15, 0.2) is 0 Å². The zero-order valence-corrected chi connectivity index (χ0v) is 8.38. The number of pyridine rings is 2. The van der Waals surface area contributed by atoms with Gasteiger partial charge in [-0.05, 0) is 35.7 Å². The van der Waals surface area contributed by atoms with E-state index in [4.69, 9.17) is 5.73 Å². The smallest absolute Gasteiger partial charge is 0.0351 e. The molecule has 15 heavy (non-hydrogen) atoms. The maximum Gasteiger partial charge on any atom is 0.0351 e. The molecule has 0 aliphatic rings. The number of nitrogens with zero attached hydrogens (tertiary/aromatic N) is 2. The Morgan fingerprint density at radius 2 is 1.87 bits per heavy atom. The van der Waals surface area contributed by atoms with E-state index in [1.165, 1.54) is 5.56 Å². The zero-order chi connectivity index (χ0) is 10.5. The monoisotopic (exact) mass is 199 g/mol. The Bertz CT molecular complexity index is 400. The standard InChI is InChI=1S/C12H13N3/c13-12(11-2-1-5-15-9-11)8-10-3-6-14-7-4-10/h1-7,9,12H,8,13H2/t12-/m0/s1. The molecule has 2 aromatic heterocycles. The topological polar surface area (TPSA) is 51.8 Å². The van der Waals surface area contributed by atoms with Crippen LogP contribution in [-0.2, 0) is 6.42 Å². The molecule has 3 nitrogen and oxygen atoms in total. The van der Waals surface area contributed by atoms with E-state index in [1.54, 1.807) is 18.6 Å². The first-order chi connectivity index (χ1) is 7.36. The highest BCUT2D eigenvalue weighted by Gasteiger charge is 2.06. The number of hydrogen-bond donors (Lipinski definition) is 1. The summed E-state index contributed by atoms with van der Waals surface area (Å²) in [6.45, 7) is 0. The molecule has 0 bridgehead atoms. The van der Waals surface area contributed by atoms with Crippen LogP contribution in [0.25, 0.3) is 0 Å². The van der Waals surface area contributed by atoms with E-state index in [-0.39, 0.29) is 6.04 Å². The molecule has 0 saturated carbocycles. The van der Waals surface area contributed by atoms with Crippen molar-refractivity contribution in [2.45, 2.75) is 12.5 Å². The van der Waals surface area contributed by atoms with Gasteiger partial charge < -0.3 is 5.73 Å². The van der Waals surface area contributed by atoms with Crippen LogP contribution in [0.1, 0.15) is 17.2 Å². The number of rotatable bonds is 3. The molecule has 0 aromatic carbocycles. The van der Waals surface area contributed by atoms with Gasteiger partial charge in [-0.25, -0.2) is 0 Å². The second-order valence-corrected chi connectivity index (χ2v) is 3.45. The van der Waals surface area contributed by atoms with Crippen LogP contribution >= 0.6 is 0 Å². The molecule has 0 saturated heterocycles. The summed E-state index contributed by atoms with van der Waals surface area (Å²) in [5, 5.41) is 0. The van der Waals surface area contributed by atoms with Crippen LogP contribution in [0.3, 0.4) is 0 Å². The lowest BCUT2D eigenvalue weighted by Gasteiger charge is -2.10. The van der Waals surface area contributed by atoms with Gasteiger partial charge >= 0.3 is 0 Å². The molecule has 0 unspecified atom stereocenters. The zero-order valence-electron chi connectivity index (χ0n) is 8.38. The van der Waals surface area contributed by atoms with Gasteiger partial charge in [0.2, 0.25) is 0 Å². The van der Waals surface area contributed by atoms with E-state index in [9.17, 15) is 0 Å².